The molecule has 0 spiro atoms. The lowest BCUT2D eigenvalue weighted by molar-refractivity contribution is -0.157. The topological polar surface area (TPSA) is 75.0 Å². The summed E-state index contributed by atoms with van der Waals surface area (Å²) in [4.78, 5) is 24.0. The number of ketones is 1. The number of Topliss-reactive ketones (excluding diaryl/α,β-unsaturated/α-hetero) is 1. The first-order chi connectivity index (χ1) is 11.8. The predicted octanol–water partition coefficient (Wildman–Crippen LogP) is 3.62. The third-order valence-electron chi connectivity index (χ3n) is 3.23. The Morgan fingerprint density at radius 2 is 2.04 bits per heavy atom. The van der Waals surface area contributed by atoms with E-state index in [0.29, 0.717) is 22.8 Å². The lowest BCUT2D eigenvalue weighted by atomic mass is 10.1. The first-order valence-corrected chi connectivity index (χ1v) is 7.78. The Labute approximate surface area is 145 Å². The lowest BCUT2D eigenvalue weighted by Gasteiger charge is -2.19. The lowest BCUT2D eigenvalue weighted by Crippen LogP contribution is -2.27. The average molecular weight is 342 g/mol. The maximum absolute atomic E-state index is 12.3. The van der Waals surface area contributed by atoms with Crippen LogP contribution in [0.1, 0.15) is 36.9 Å². The molecule has 1 aromatic carbocycles. The number of esters is 1. The van der Waals surface area contributed by atoms with Crippen molar-refractivity contribution in [1.82, 2.24) is 0 Å². The molecule has 0 atom stereocenters. The molecule has 1 aliphatic heterocycles. The monoisotopic (exact) mass is 342 g/mol. The highest BCUT2D eigenvalue weighted by molar-refractivity contribution is 6.14. The SMILES string of the molecule is CC(C)(C)OC(=O)COc1ccc2c(c1)OC(=Cc1ccco1)C2=O. The van der Waals surface area contributed by atoms with Crippen LogP contribution in [-0.4, -0.2) is 24.0 Å². The van der Waals surface area contributed by atoms with Gasteiger partial charge in [-0.3, -0.25) is 4.79 Å². The van der Waals surface area contributed by atoms with Crippen molar-refractivity contribution >= 4 is 17.8 Å². The van der Waals surface area contributed by atoms with Crippen LogP contribution in [0.2, 0.25) is 0 Å². The average Bonchev–Trinajstić information content (AvgIpc) is 3.13. The van der Waals surface area contributed by atoms with E-state index in [1.165, 1.54) is 12.3 Å². The summed E-state index contributed by atoms with van der Waals surface area (Å²) in [5.41, 5.74) is -0.137. The maximum atomic E-state index is 12.3. The molecule has 0 radical (unpaired) electrons. The Hall–Kier alpha value is -3.02. The Kier molecular flexibility index (Phi) is 4.35. The Balaban J connectivity index is 1.69. The number of benzene rings is 1. The van der Waals surface area contributed by atoms with Gasteiger partial charge in [0.15, 0.2) is 12.4 Å². The number of hydrogen-bond acceptors (Lipinski definition) is 6. The summed E-state index contributed by atoms with van der Waals surface area (Å²) in [6.07, 6.45) is 3.05. The molecular weight excluding hydrogens is 324 g/mol. The summed E-state index contributed by atoms with van der Waals surface area (Å²) in [7, 11) is 0. The molecule has 0 saturated carbocycles. The van der Waals surface area contributed by atoms with Gasteiger partial charge in [-0.1, -0.05) is 0 Å². The molecule has 6 nitrogen and oxygen atoms in total. The van der Waals surface area contributed by atoms with Crippen LogP contribution in [0.25, 0.3) is 6.08 Å². The quantitative estimate of drug-likeness (QED) is 0.624. The van der Waals surface area contributed by atoms with Gasteiger partial charge in [-0.25, -0.2) is 4.79 Å². The van der Waals surface area contributed by atoms with Crippen LogP contribution in [0.4, 0.5) is 0 Å². The fourth-order valence-corrected chi connectivity index (χ4v) is 2.27. The van der Waals surface area contributed by atoms with Gasteiger partial charge in [0.25, 0.3) is 0 Å². The molecule has 0 aliphatic carbocycles. The molecule has 1 aliphatic rings. The second-order valence-electron chi connectivity index (χ2n) is 6.49. The summed E-state index contributed by atoms with van der Waals surface area (Å²) < 4.78 is 21.3. The van der Waals surface area contributed by atoms with E-state index in [1.54, 1.807) is 51.1 Å². The van der Waals surface area contributed by atoms with Gasteiger partial charge in [0.2, 0.25) is 5.78 Å². The summed E-state index contributed by atoms with van der Waals surface area (Å²) >= 11 is 0. The van der Waals surface area contributed by atoms with Crippen LogP contribution < -0.4 is 9.47 Å². The minimum atomic E-state index is -0.570. The van der Waals surface area contributed by atoms with Crippen LogP contribution in [-0.2, 0) is 9.53 Å². The standard InChI is InChI=1S/C19H18O6/c1-19(2,3)25-17(20)11-23-13-6-7-14-15(9-13)24-16(18(14)21)10-12-5-4-8-22-12/h4-10H,11H2,1-3H3. The van der Waals surface area contributed by atoms with Gasteiger partial charge in [-0.2, -0.15) is 0 Å². The van der Waals surface area contributed by atoms with Crippen LogP contribution in [0.5, 0.6) is 11.5 Å². The van der Waals surface area contributed by atoms with Crippen molar-refractivity contribution in [3.63, 3.8) is 0 Å². The van der Waals surface area contributed by atoms with E-state index in [9.17, 15) is 9.59 Å². The van der Waals surface area contributed by atoms with E-state index in [0.717, 1.165) is 0 Å². The zero-order valence-electron chi connectivity index (χ0n) is 14.2. The minimum absolute atomic E-state index is 0.175. The molecule has 6 heteroatoms. The number of hydrogen-bond donors (Lipinski definition) is 0. The minimum Gasteiger partial charge on any atom is -0.482 e. The summed E-state index contributed by atoms with van der Waals surface area (Å²) in [6.45, 7) is 5.13. The first kappa shape index (κ1) is 16.8. The molecule has 2 heterocycles. The van der Waals surface area contributed by atoms with Gasteiger partial charge in [-0.05, 0) is 45.0 Å². The molecule has 0 fully saturated rings. The number of carbonyl (C=O) groups excluding carboxylic acids is 2. The second-order valence-corrected chi connectivity index (χ2v) is 6.49. The van der Waals surface area contributed by atoms with E-state index < -0.39 is 11.6 Å². The molecule has 1 aromatic heterocycles. The van der Waals surface area contributed by atoms with Crippen LogP contribution in [0.15, 0.2) is 46.8 Å². The molecule has 130 valence electrons. The normalized spacial score (nSPS) is 15.0. The zero-order chi connectivity index (χ0) is 18.0. The fraction of sp³-hybridized carbons (Fsp3) is 0.263. The van der Waals surface area contributed by atoms with Gasteiger partial charge in [0.05, 0.1) is 11.8 Å². The molecule has 3 rings (SSSR count). The summed E-state index contributed by atoms with van der Waals surface area (Å²) in [5.74, 6) is 0.793. The Bertz CT molecular complexity index is 824. The summed E-state index contributed by atoms with van der Waals surface area (Å²) in [5, 5.41) is 0. The van der Waals surface area contributed by atoms with Crippen molar-refractivity contribution in [2.45, 2.75) is 26.4 Å². The molecule has 2 aromatic rings. The van der Waals surface area contributed by atoms with Gasteiger partial charge in [0.1, 0.15) is 22.9 Å². The smallest absolute Gasteiger partial charge is 0.344 e. The van der Waals surface area contributed by atoms with Gasteiger partial charge < -0.3 is 18.6 Å². The van der Waals surface area contributed by atoms with Gasteiger partial charge >= 0.3 is 5.97 Å². The molecule has 25 heavy (non-hydrogen) atoms. The van der Waals surface area contributed by atoms with Gasteiger partial charge in [-0.15, -0.1) is 0 Å². The predicted molar refractivity (Wildman–Crippen MR) is 89.4 cm³/mol. The maximum Gasteiger partial charge on any atom is 0.344 e. The molecular formula is C19H18O6. The molecule has 0 unspecified atom stereocenters. The van der Waals surface area contributed by atoms with E-state index in [1.807, 2.05) is 0 Å². The third-order valence-corrected chi connectivity index (χ3v) is 3.23. The molecule has 0 N–H and O–H groups in total. The number of carbonyl (C=O) groups is 2. The van der Waals surface area contributed by atoms with Crippen LogP contribution in [0, 0.1) is 0 Å². The van der Waals surface area contributed by atoms with Crippen molar-refractivity contribution in [1.29, 1.82) is 0 Å². The molecule has 0 amide bonds. The first-order valence-electron chi connectivity index (χ1n) is 7.78. The highest BCUT2D eigenvalue weighted by atomic mass is 16.6. The number of rotatable bonds is 4. The second kappa shape index (κ2) is 6.47. The van der Waals surface area contributed by atoms with Gasteiger partial charge in [0, 0.05) is 12.1 Å². The molecule has 0 bridgehead atoms. The van der Waals surface area contributed by atoms with Crippen molar-refractivity contribution in [3.8, 4) is 11.5 Å². The van der Waals surface area contributed by atoms with Crippen molar-refractivity contribution < 1.29 is 28.2 Å². The van der Waals surface area contributed by atoms with Crippen LogP contribution >= 0.6 is 0 Å². The number of furan rings is 1. The third kappa shape index (κ3) is 4.09. The zero-order valence-corrected chi connectivity index (χ0v) is 14.2. The highest BCUT2D eigenvalue weighted by Gasteiger charge is 2.28. The highest BCUT2D eigenvalue weighted by Crippen LogP contribution is 2.34. The van der Waals surface area contributed by atoms with Crippen LogP contribution in [0.3, 0.4) is 0 Å². The van der Waals surface area contributed by atoms with E-state index in [4.69, 9.17) is 18.6 Å². The summed E-state index contributed by atoms with van der Waals surface area (Å²) in [6, 6.07) is 8.23. The van der Waals surface area contributed by atoms with Crippen molar-refractivity contribution in [2.24, 2.45) is 0 Å². The van der Waals surface area contributed by atoms with Crippen molar-refractivity contribution in [3.05, 3.63) is 53.7 Å². The van der Waals surface area contributed by atoms with E-state index >= 15 is 0 Å². The Morgan fingerprint density at radius 1 is 1.24 bits per heavy atom. The Morgan fingerprint density at radius 3 is 2.72 bits per heavy atom. The van der Waals surface area contributed by atoms with E-state index in [-0.39, 0.29) is 18.1 Å². The molecule has 0 saturated heterocycles. The van der Waals surface area contributed by atoms with E-state index in [2.05, 4.69) is 0 Å². The fourth-order valence-electron chi connectivity index (χ4n) is 2.27. The largest absolute Gasteiger partial charge is 0.482 e. The number of ether oxygens (including phenoxy) is 3. The number of allylic oxidation sites excluding steroid dienone is 1. The number of fused-ring (bicyclic) bond motifs is 1. The van der Waals surface area contributed by atoms with Crippen molar-refractivity contribution in [2.75, 3.05) is 6.61 Å².